The molecule has 2 aromatic rings. The van der Waals surface area contributed by atoms with Crippen molar-refractivity contribution < 1.29 is 5.11 Å². The number of hydrogen-bond donors (Lipinski definition) is 1. The summed E-state index contributed by atoms with van der Waals surface area (Å²) in [5.74, 6) is 0. The summed E-state index contributed by atoms with van der Waals surface area (Å²) in [5, 5.41) is 14.8. The van der Waals surface area contributed by atoms with Gasteiger partial charge in [-0.1, -0.05) is 17.7 Å². The van der Waals surface area contributed by atoms with Crippen LogP contribution in [0.2, 0.25) is 5.02 Å². The summed E-state index contributed by atoms with van der Waals surface area (Å²) in [7, 11) is 0. The maximum absolute atomic E-state index is 10.1. The summed E-state index contributed by atoms with van der Waals surface area (Å²) >= 11 is 7.61. The van der Waals surface area contributed by atoms with Crippen molar-refractivity contribution >= 4 is 22.9 Å². The van der Waals surface area contributed by atoms with E-state index >= 15 is 0 Å². The molecule has 0 aliphatic rings. The lowest BCUT2D eigenvalue weighted by atomic mass is 10.0. The lowest BCUT2D eigenvalue weighted by Gasteiger charge is -2.11. The van der Waals surface area contributed by atoms with Crippen molar-refractivity contribution in [2.75, 3.05) is 0 Å². The molecule has 2 rings (SSSR count). The van der Waals surface area contributed by atoms with Crippen LogP contribution in [0.4, 0.5) is 0 Å². The average molecular weight is 253 g/mol. The first kappa shape index (κ1) is 11.6. The number of hydrogen-bond acceptors (Lipinski definition) is 2. The molecule has 0 amide bonds. The zero-order chi connectivity index (χ0) is 11.5. The van der Waals surface area contributed by atoms with Crippen LogP contribution in [0, 0.1) is 6.92 Å². The highest BCUT2D eigenvalue weighted by atomic mass is 35.5. The van der Waals surface area contributed by atoms with Gasteiger partial charge in [0.2, 0.25) is 0 Å². The van der Waals surface area contributed by atoms with Crippen molar-refractivity contribution in [2.24, 2.45) is 0 Å². The Morgan fingerprint density at radius 2 is 2.19 bits per heavy atom. The van der Waals surface area contributed by atoms with E-state index in [9.17, 15) is 5.11 Å². The molecule has 1 unspecified atom stereocenters. The molecule has 0 saturated heterocycles. The maximum atomic E-state index is 10.1. The zero-order valence-corrected chi connectivity index (χ0v) is 10.6. The fourth-order valence-corrected chi connectivity index (χ4v) is 2.69. The fraction of sp³-hybridized carbons (Fsp3) is 0.231. The van der Waals surface area contributed by atoms with Crippen molar-refractivity contribution in [2.45, 2.75) is 19.4 Å². The number of aliphatic hydroxyl groups excluding tert-OH is 1. The fourth-order valence-electron chi connectivity index (χ4n) is 1.71. The lowest BCUT2D eigenvalue weighted by molar-refractivity contribution is 0.178. The predicted octanol–water partition coefficient (Wildman–Crippen LogP) is 3.99. The van der Waals surface area contributed by atoms with Gasteiger partial charge < -0.3 is 5.11 Å². The van der Waals surface area contributed by atoms with E-state index in [-0.39, 0.29) is 0 Å². The first-order valence-electron chi connectivity index (χ1n) is 5.11. The number of benzene rings is 1. The van der Waals surface area contributed by atoms with Gasteiger partial charge in [0.1, 0.15) is 0 Å². The highest BCUT2D eigenvalue weighted by Gasteiger charge is 2.10. The second-order valence-electron chi connectivity index (χ2n) is 3.91. The Bertz CT molecular complexity index is 445. The third-order valence-electron chi connectivity index (χ3n) is 2.46. The van der Waals surface area contributed by atoms with E-state index in [0.717, 1.165) is 16.7 Å². The summed E-state index contributed by atoms with van der Waals surface area (Å²) in [6.45, 7) is 1.98. The average Bonchev–Trinajstić information content (AvgIpc) is 2.68. The molecule has 1 N–H and O–H groups in total. The molecule has 1 nitrogen and oxygen atoms in total. The van der Waals surface area contributed by atoms with E-state index in [1.807, 2.05) is 36.6 Å². The quantitative estimate of drug-likeness (QED) is 0.876. The molecule has 84 valence electrons. The molecule has 16 heavy (non-hydrogen) atoms. The molecule has 1 aromatic carbocycles. The Hall–Kier alpha value is -0.830. The van der Waals surface area contributed by atoms with Crippen LogP contribution in [0.5, 0.6) is 0 Å². The third-order valence-corrected chi connectivity index (χ3v) is 3.41. The van der Waals surface area contributed by atoms with Crippen molar-refractivity contribution in [3.05, 3.63) is 56.7 Å². The molecule has 1 atom stereocenters. The van der Waals surface area contributed by atoms with Gasteiger partial charge in [-0.15, -0.1) is 0 Å². The molecular formula is C13H13ClOS. The minimum atomic E-state index is -0.480. The molecule has 0 fully saturated rings. The van der Waals surface area contributed by atoms with Gasteiger partial charge in [-0.25, -0.2) is 0 Å². The molecule has 0 aliphatic carbocycles. The van der Waals surface area contributed by atoms with E-state index < -0.39 is 6.10 Å². The van der Waals surface area contributed by atoms with E-state index in [1.165, 1.54) is 0 Å². The molecule has 1 aromatic heterocycles. The molecule has 1 heterocycles. The Balaban J connectivity index is 2.17. The minimum absolute atomic E-state index is 0.480. The maximum Gasteiger partial charge on any atom is 0.0831 e. The normalized spacial score (nSPS) is 12.7. The number of aryl methyl sites for hydroxylation is 1. The largest absolute Gasteiger partial charge is 0.388 e. The Morgan fingerprint density at radius 1 is 1.38 bits per heavy atom. The number of rotatable bonds is 3. The van der Waals surface area contributed by atoms with Gasteiger partial charge in [0.25, 0.3) is 0 Å². The topological polar surface area (TPSA) is 20.2 Å². The summed E-state index contributed by atoms with van der Waals surface area (Å²) in [6, 6.07) is 7.72. The van der Waals surface area contributed by atoms with E-state index in [1.54, 1.807) is 11.3 Å². The standard InChI is InChI=1S/C13H13ClOS/c1-9-4-11(7-12(14)5-9)13(15)6-10-2-3-16-8-10/h2-5,7-8,13,15H,6H2,1H3. The van der Waals surface area contributed by atoms with Gasteiger partial charge >= 0.3 is 0 Å². The molecule has 0 bridgehead atoms. The van der Waals surface area contributed by atoms with Crippen LogP contribution in [-0.2, 0) is 6.42 Å². The van der Waals surface area contributed by atoms with Crippen LogP contribution in [0.15, 0.2) is 35.0 Å². The monoisotopic (exact) mass is 252 g/mol. The highest BCUT2D eigenvalue weighted by molar-refractivity contribution is 7.07. The molecule has 0 aliphatic heterocycles. The van der Waals surface area contributed by atoms with Crippen molar-refractivity contribution in [1.82, 2.24) is 0 Å². The van der Waals surface area contributed by atoms with Crippen LogP contribution >= 0.6 is 22.9 Å². The van der Waals surface area contributed by atoms with Gasteiger partial charge in [0.05, 0.1) is 6.10 Å². The molecule has 3 heteroatoms. The van der Waals surface area contributed by atoms with E-state index in [2.05, 4.69) is 5.38 Å². The van der Waals surface area contributed by atoms with Gasteiger partial charge in [-0.05, 0) is 52.6 Å². The Kier molecular flexibility index (Phi) is 3.64. The van der Waals surface area contributed by atoms with Gasteiger partial charge in [0.15, 0.2) is 0 Å². The van der Waals surface area contributed by atoms with Crippen LogP contribution < -0.4 is 0 Å². The number of thiophene rings is 1. The number of aliphatic hydroxyl groups is 1. The Morgan fingerprint density at radius 3 is 2.81 bits per heavy atom. The predicted molar refractivity (Wildman–Crippen MR) is 69.2 cm³/mol. The SMILES string of the molecule is Cc1cc(Cl)cc(C(O)Cc2ccsc2)c1. The molecule has 0 saturated carbocycles. The van der Waals surface area contributed by atoms with Crippen LogP contribution in [0.1, 0.15) is 22.8 Å². The number of halogens is 1. The van der Waals surface area contributed by atoms with E-state index in [0.29, 0.717) is 11.4 Å². The molecule has 0 radical (unpaired) electrons. The van der Waals surface area contributed by atoms with Gasteiger partial charge in [-0.2, -0.15) is 11.3 Å². The van der Waals surface area contributed by atoms with Gasteiger partial charge in [-0.3, -0.25) is 0 Å². The smallest absolute Gasteiger partial charge is 0.0831 e. The Labute approximate surface area is 104 Å². The molecule has 0 spiro atoms. The second-order valence-corrected chi connectivity index (χ2v) is 5.13. The zero-order valence-electron chi connectivity index (χ0n) is 8.98. The summed E-state index contributed by atoms with van der Waals surface area (Å²) in [6.07, 6.45) is 0.163. The first-order chi connectivity index (χ1) is 7.65. The highest BCUT2D eigenvalue weighted by Crippen LogP contribution is 2.23. The van der Waals surface area contributed by atoms with Crippen molar-refractivity contribution in [3.8, 4) is 0 Å². The second kappa shape index (κ2) is 5.00. The lowest BCUT2D eigenvalue weighted by Crippen LogP contribution is -2.01. The van der Waals surface area contributed by atoms with Gasteiger partial charge in [0, 0.05) is 11.4 Å². The first-order valence-corrected chi connectivity index (χ1v) is 6.43. The summed E-state index contributed by atoms with van der Waals surface area (Å²) in [5.41, 5.74) is 3.12. The van der Waals surface area contributed by atoms with Crippen LogP contribution in [-0.4, -0.2) is 5.11 Å². The summed E-state index contributed by atoms with van der Waals surface area (Å²) < 4.78 is 0. The van der Waals surface area contributed by atoms with Crippen molar-refractivity contribution in [1.29, 1.82) is 0 Å². The van der Waals surface area contributed by atoms with Crippen molar-refractivity contribution in [3.63, 3.8) is 0 Å². The third kappa shape index (κ3) is 2.85. The minimum Gasteiger partial charge on any atom is -0.388 e. The van der Waals surface area contributed by atoms with Crippen LogP contribution in [0.25, 0.3) is 0 Å². The molecular weight excluding hydrogens is 240 g/mol. The van der Waals surface area contributed by atoms with E-state index in [4.69, 9.17) is 11.6 Å². The van der Waals surface area contributed by atoms with Crippen LogP contribution in [0.3, 0.4) is 0 Å². The summed E-state index contributed by atoms with van der Waals surface area (Å²) in [4.78, 5) is 0.